The molecule has 4 N–H and O–H groups in total. The van der Waals surface area contributed by atoms with Gasteiger partial charge in [-0.2, -0.15) is 4.98 Å². The summed E-state index contributed by atoms with van der Waals surface area (Å²) in [5.41, 5.74) is 4.34. The van der Waals surface area contributed by atoms with Crippen molar-refractivity contribution in [3.63, 3.8) is 0 Å². The van der Waals surface area contributed by atoms with Crippen molar-refractivity contribution in [3.05, 3.63) is 22.5 Å². The minimum atomic E-state index is -1.65. The Bertz CT molecular complexity index is 564. The Labute approximate surface area is 99.4 Å². The number of nitrogens with zero attached hydrogens (tertiary/aromatic N) is 2. The van der Waals surface area contributed by atoms with Crippen LogP contribution in [0.2, 0.25) is 0 Å². The van der Waals surface area contributed by atoms with Crippen molar-refractivity contribution in [1.82, 2.24) is 9.55 Å². The maximum Gasteiger partial charge on any atom is 0.351 e. The number of halogens is 1. The summed E-state index contributed by atoms with van der Waals surface area (Å²) in [6, 6.07) is 0. The highest BCUT2D eigenvalue weighted by atomic mass is 19.1. The van der Waals surface area contributed by atoms with E-state index >= 15 is 0 Å². The van der Waals surface area contributed by atoms with Crippen LogP contribution in [0.4, 0.5) is 10.2 Å². The third-order valence-electron chi connectivity index (χ3n) is 3.04. The van der Waals surface area contributed by atoms with Gasteiger partial charge in [0.2, 0.25) is 5.79 Å². The lowest BCUT2D eigenvalue weighted by atomic mass is 10.0. The van der Waals surface area contributed by atoms with E-state index in [9.17, 15) is 19.4 Å². The van der Waals surface area contributed by atoms with Gasteiger partial charge in [0.25, 0.3) is 0 Å². The molecule has 98 valence electrons. The predicted molar refractivity (Wildman–Crippen MR) is 53.4 cm³/mol. The number of ether oxygens (including phenoxy) is 2. The normalized spacial score (nSPS) is 38.3. The van der Waals surface area contributed by atoms with E-state index in [1.165, 1.54) is 0 Å². The van der Waals surface area contributed by atoms with Gasteiger partial charge in [0, 0.05) is 6.42 Å². The maximum absolute atomic E-state index is 13.2. The Morgan fingerprint density at radius 2 is 2.39 bits per heavy atom. The minimum Gasteiger partial charge on any atom is -0.381 e. The largest absolute Gasteiger partial charge is 0.381 e. The summed E-state index contributed by atoms with van der Waals surface area (Å²) in [7, 11) is 0. The van der Waals surface area contributed by atoms with E-state index in [4.69, 9.17) is 15.2 Å². The second kappa shape index (κ2) is 3.48. The Morgan fingerprint density at radius 3 is 3.00 bits per heavy atom. The number of hydrogen-bond acceptors (Lipinski definition) is 7. The summed E-state index contributed by atoms with van der Waals surface area (Å²) < 4.78 is 24.1. The molecule has 8 nitrogen and oxygen atoms in total. The molecule has 2 aliphatic rings. The Kier molecular flexibility index (Phi) is 2.23. The summed E-state index contributed by atoms with van der Waals surface area (Å²) in [6.45, 7) is 0. The van der Waals surface area contributed by atoms with Gasteiger partial charge in [-0.1, -0.05) is 0 Å². The van der Waals surface area contributed by atoms with E-state index in [-0.39, 0.29) is 6.42 Å². The molecule has 0 saturated carbocycles. The number of aliphatic hydroxyl groups excluding tert-OH is 1. The topological polar surface area (TPSA) is 120 Å². The van der Waals surface area contributed by atoms with E-state index in [0.29, 0.717) is 0 Å². The van der Waals surface area contributed by atoms with E-state index in [0.717, 1.165) is 10.8 Å². The molecule has 0 aromatic carbocycles. The Hall–Kier alpha value is -1.55. The highest BCUT2D eigenvalue weighted by Crippen LogP contribution is 2.46. The van der Waals surface area contributed by atoms with Crippen molar-refractivity contribution >= 4 is 5.82 Å². The number of aliphatic hydroxyl groups is 2. The summed E-state index contributed by atoms with van der Waals surface area (Å²) in [4.78, 5) is 14.8. The molecule has 0 radical (unpaired) electrons. The van der Waals surface area contributed by atoms with E-state index in [1.54, 1.807) is 0 Å². The van der Waals surface area contributed by atoms with Crippen molar-refractivity contribution < 1.29 is 24.1 Å². The average molecular weight is 259 g/mol. The van der Waals surface area contributed by atoms with Crippen LogP contribution in [0.3, 0.4) is 0 Å². The molecule has 1 aromatic heterocycles. The molecule has 4 atom stereocenters. The number of rotatable bonds is 1. The van der Waals surface area contributed by atoms with Gasteiger partial charge in [-0.05, 0) is 0 Å². The summed E-state index contributed by atoms with van der Waals surface area (Å²) in [5.74, 6) is -3.03. The number of anilines is 1. The van der Waals surface area contributed by atoms with Gasteiger partial charge in [0.15, 0.2) is 24.0 Å². The van der Waals surface area contributed by atoms with Crippen LogP contribution in [0.1, 0.15) is 12.6 Å². The van der Waals surface area contributed by atoms with Crippen LogP contribution in [-0.4, -0.2) is 37.9 Å². The number of aromatic nitrogens is 2. The smallest absolute Gasteiger partial charge is 0.351 e. The fraction of sp³-hybridized carbons (Fsp3) is 0.556. The van der Waals surface area contributed by atoms with E-state index in [2.05, 4.69) is 4.98 Å². The van der Waals surface area contributed by atoms with Crippen molar-refractivity contribution in [2.24, 2.45) is 0 Å². The first-order valence-electron chi connectivity index (χ1n) is 5.18. The zero-order valence-electron chi connectivity index (χ0n) is 8.99. The standard InChI is InChI=1S/C9H10FN3O5/c10-3-2-13(8(15)12-6(3)11)4-1-9(16)5(17-4)7(14)18-9/h2,4-5,7,14,16H,1H2,(H2,11,12,15)/t4-,5+,7?,9-/m0/s1. The molecule has 9 heteroatoms. The van der Waals surface area contributed by atoms with Crippen LogP contribution in [-0.2, 0) is 9.47 Å². The molecule has 1 unspecified atom stereocenters. The van der Waals surface area contributed by atoms with E-state index < -0.39 is 41.7 Å². The van der Waals surface area contributed by atoms with Crippen molar-refractivity contribution in [3.8, 4) is 0 Å². The van der Waals surface area contributed by atoms with Gasteiger partial charge in [0.1, 0.15) is 6.23 Å². The van der Waals surface area contributed by atoms with Crippen LogP contribution in [0.25, 0.3) is 0 Å². The molecule has 0 bridgehead atoms. The third-order valence-corrected chi connectivity index (χ3v) is 3.04. The van der Waals surface area contributed by atoms with Crippen molar-refractivity contribution in [1.29, 1.82) is 0 Å². The highest BCUT2D eigenvalue weighted by Gasteiger charge is 2.62. The first-order chi connectivity index (χ1) is 8.40. The molecule has 3 heterocycles. The molecule has 1 aromatic rings. The summed E-state index contributed by atoms with van der Waals surface area (Å²) >= 11 is 0. The van der Waals surface area contributed by atoms with Gasteiger partial charge in [0.05, 0.1) is 6.20 Å². The zero-order valence-corrected chi connectivity index (χ0v) is 8.99. The first kappa shape index (κ1) is 11.5. The lowest BCUT2D eigenvalue weighted by Gasteiger charge is -2.42. The quantitative estimate of drug-likeness (QED) is 0.549. The SMILES string of the molecule is Nc1nc(=O)n([C@@H]2C[C@]3(O)OC(O)[C@H]3O2)cc1F. The highest BCUT2D eigenvalue weighted by molar-refractivity contribution is 5.26. The second-order valence-electron chi connectivity index (χ2n) is 4.23. The molecule has 2 fully saturated rings. The number of hydrogen-bond donors (Lipinski definition) is 3. The van der Waals surface area contributed by atoms with E-state index in [1.807, 2.05) is 0 Å². The minimum absolute atomic E-state index is 0.111. The molecule has 0 aliphatic carbocycles. The van der Waals surface area contributed by atoms with Crippen molar-refractivity contribution in [2.75, 3.05) is 5.73 Å². The molecule has 0 amide bonds. The fourth-order valence-corrected chi connectivity index (χ4v) is 2.12. The Morgan fingerprint density at radius 1 is 1.67 bits per heavy atom. The summed E-state index contributed by atoms with van der Waals surface area (Å²) in [5, 5.41) is 19.0. The van der Waals surface area contributed by atoms with Gasteiger partial charge in [-0.25, -0.2) is 9.18 Å². The molecule has 18 heavy (non-hydrogen) atoms. The molecular weight excluding hydrogens is 249 g/mol. The molecular formula is C9H10FN3O5. The molecule has 0 spiro atoms. The van der Waals surface area contributed by atoms with Gasteiger partial charge < -0.3 is 25.4 Å². The number of nitrogen functional groups attached to an aromatic ring is 1. The monoisotopic (exact) mass is 259 g/mol. The lowest BCUT2D eigenvalue weighted by molar-refractivity contribution is -0.412. The lowest BCUT2D eigenvalue weighted by Crippen LogP contribution is -2.61. The predicted octanol–water partition coefficient (Wildman–Crippen LogP) is -1.71. The van der Waals surface area contributed by atoms with Crippen LogP contribution in [0.5, 0.6) is 0 Å². The zero-order chi connectivity index (χ0) is 13.1. The average Bonchev–Trinajstić information content (AvgIpc) is 2.55. The second-order valence-corrected chi connectivity index (χ2v) is 4.23. The van der Waals surface area contributed by atoms with Crippen LogP contribution < -0.4 is 11.4 Å². The van der Waals surface area contributed by atoms with Gasteiger partial charge in [-0.3, -0.25) is 4.57 Å². The van der Waals surface area contributed by atoms with Gasteiger partial charge in [-0.15, -0.1) is 0 Å². The third kappa shape index (κ3) is 1.45. The van der Waals surface area contributed by atoms with Crippen LogP contribution in [0.15, 0.2) is 11.0 Å². The van der Waals surface area contributed by atoms with Crippen LogP contribution >= 0.6 is 0 Å². The molecule has 3 rings (SSSR count). The number of fused-ring (bicyclic) bond motifs is 1. The molecule has 2 aliphatic heterocycles. The molecule has 2 saturated heterocycles. The summed E-state index contributed by atoms with van der Waals surface area (Å²) in [6.07, 6.45) is -2.46. The Balaban J connectivity index is 1.94. The van der Waals surface area contributed by atoms with Crippen molar-refractivity contribution in [2.45, 2.75) is 30.8 Å². The van der Waals surface area contributed by atoms with Crippen LogP contribution in [0, 0.1) is 5.82 Å². The first-order valence-corrected chi connectivity index (χ1v) is 5.18. The maximum atomic E-state index is 13.2. The number of nitrogens with two attached hydrogens (primary N) is 1. The fourth-order valence-electron chi connectivity index (χ4n) is 2.12. The van der Waals surface area contributed by atoms with Gasteiger partial charge >= 0.3 is 5.69 Å².